The van der Waals surface area contributed by atoms with Gasteiger partial charge in [-0.25, -0.2) is 0 Å². The van der Waals surface area contributed by atoms with Gasteiger partial charge in [0.1, 0.15) is 11.6 Å². The van der Waals surface area contributed by atoms with Gasteiger partial charge >= 0.3 is 0 Å². The Morgan fingerprint density at radius 3 is 2.11 bits per heavy atom. The normalized spacial score (nSPS) is 11.0. The monoisotopic (exact) mass is 242 g/mol. The lowest BCUT2D eigenvalue weighted by Gasteiger charge is -2.11. The van der Waals surface area contributed by atoms with Crippen molar-refractivity contribution in [2.45, 2.75) is 20.8 Å². The zero-order chi connectivity index (χ0) is 13.9. The number of hydrogen-bond donors (Lipinski definition) is 0. The summed E-state index contributed by atoms with van der Waals surface area (Å²) < 4.78 is 0. The quantitative estimate of drug-likeness (QED) is 0.591. The van der Waals surface area contributed by atoms with E-state index in [9.17, 15) is 4.79 Å². The van der Waals surface area contributed by atoms with E-state index in [1.165, 1.54) is 10.5 Å². The highest BCUT2D eigenvalue weighted by Crippen LogP contribution is 2.19. The predicted octanol–water partition coefficient (Wildman–Crippen LogP) is 2.61. The minimum Gasteiger partial charge on any atom is -0.344 e. The van der Waals surface area contributed by atoms with Crippen LogP contribution in [0.2, 0.25) is 0 Å². The third-order valence-electron chi connectivity index (χ3n) is 2.78. The fourth-order valence-electron chi connectivity index (χ4n) is 1.95. The van der Waals surface area contributed by atoms with Crippen LogP contribution in [-0.4, -0.2) is 24.9 Å². The molecule has 1 aromatic rings. The van der Waals surface area contributed by atoms with Crippen molar-refractivity contribution in [2.75, 3.05) is 14.1 Å². The van der Waals surface area contributed by atoms with Crippen molar-refractivity contribution in [3.05, 3.63) is 40.0 Å². The van der Waals surface area contributed by atoms with Crippen molar-refractivity contribution < 1.29 is 4.79 Å². The summed E-state index contributed by atoms with van der Waals surface area (Å²) in [5.74, 6) is -0.267. The number of benzene rings is 1. The van der Waals surface area contributed by atoms with Crippen LogP contribution in [0.1, 0.15) is 22.3 Å². The summed E-state index contributed by atoms with van der Waals surface area (Å²) in [7, 11) is 3.28. The first kappa shape index (κ1) is 14.0. The van der Waals surface area contributed by atoms with Crippen LogP contribution in [0.15, 0.2) is 17.7 Å². The van der Waals surface area contributed by atoms with E-state index in [1.807, 2.05) is 39.0 Å². The summed E-state index contributed by atoms with van der Waals surface area (Å²) in [6, 6.07) is 6.07. The number of hydrogen-bond acceptors (Lipinski definition) is 2. The van der Waals surface area contributed by atoms with Gasteiger partial charge in [-0.15, -0.1) is 0 Å². The fraction of sp³-hybridized carbons (Fsp3) is 0.333. The molecule has 0 spiro atoms. The molecule has 1 rings (SSSR count). The highest BCUT2D eigenvalue weighted by molar-refractivity contribution is 6.01. The summed E-state index contributed by atoms with van der Waals surface area (Å²) >= 11 is 0. The van der Waals surface area contributed by atoms with Gasteiger partial charge in [0.05, 0.1) is 0 Å². The zero-order valence-electron chi connectivity index (χ0n) is 11.5. The lowest BCUT2D eigenvalue weighted by atomic mass is 9.98. The van der Waals surface area contributed by atoms with Crippen molar-refractivity contribution in [3.63, 3.8) is 0 Å². The lowest BCUT2D eigenvalue weighted by molar-refractivity contribution is -0.124. The smallest absolute Gasteiger partial charge is 0.264 e. The number of carbonyl (C=O) groups excluding carboxylic acids is 1. The van der Waals surface area contributed by atoms with Gasteiger partial charge in [0, 0.05) is 14.1 Å². The largest absolute Gasteiger partial charge is 0.344 e. The molecule has 0 atom stereocenters. The second-order valence-electron chi connectivity index (χ2n) is 4.68. The molecule has 0 aromatic heterocycles. The second kappa shape index (κ2) is 5.50. The van der Waals surface area contributed by atoms with Gasteiger partial charge in [-0.05, 0) is 43.5 Å². The summed E-state index contributed by atoms with van der Waals surface area (Å²) in [5, 5.41) is 9.08. The molecular weight excluding hydrogens is 224 g/mol. The number of nitriles is 1. The first-order chi connectivity index (χ1) is 8.36. The zero-order valence-corrected chi connectivity index (χ0v) is 11.5. The average Bonchev–Trinajstić information content (AvgIpc) is 2.27. The molecule has 0 saturated carbocycles. The van der Waals surface area contributed by atoms with Gasteiger partial charge in [-0.2, -0.15) is 5.26 Å². The van der Waals surface area contributed by atoms with Crippen molar-refractivity contribution in [2.24, 2.45) is 0 Å². The molecule has 0 fully saturated rings. The van der Waals surface area contributed by atoms with Crippen LogP contribution >= 0.6 is 0 Å². The molecule has 0 bridgehead atoms. The second-order valence-corrected chi connectivity index (χ2v) is 4.68. The Balaban J connectivity index is 3.32. The van der Waals surface area contributed by atoms with Crippen LogP contribution in [0.3, 0.4) is 0 Å². The van der Waals surface area contributed by atoms with E-state index >= 15 is 0 Å². The Kier molecular flexibility index (Phi) is 4.28. The molecule has 0 unspecified atom stereocenters. The maximum Gasteiger partial charge on any atom is 0.264 e. The SMILES string of the molecule is Cc1cc(C)c(/C=C(/C#N)C(=O)N(C)C)c(C)c1. The average molecular weight is 242 g/mol. The minimum absolute atomic E-state index is 0.162. The number of aryl methyl sites for hydroxylation is 3. The van der Waals surface area contributed by atoms with Gasteiger partial charge in [0.25, 0.3) is 5.91 Å². The lowest BCUT2D eigenvalue weighted by Crippen LogP contribution is -2.22. The summed E-state index contributed by atoms with van der Waals surface area (Å²) in [5.41, 5.74) is 4.45. The maximum atomic E-state index is 11.8. The number of likely N-dealkylation sites (N-methyl/N-ethyl adjacent to an activating group) is 1. The Labute approximate surface area is 108 Å². The van der Waals surface area contributed by atoms with Crippen molar-refractivity contribution in [3.8, 4) is 6.07 Å². The standard InChI is InChI=1S/C15H18N2O/c1-10-6-11(2)14(12(3)7-10)8-13(9-16)15(18)17(4)5/h6-8H,1-5H3/b13-8-. The molecule has 94 valence electrons. The molecule has 0 saturated heterocycles. The minimum atomic E-state index is -0.267. The Morgan fingerprint density at radius 1 is 1.22 bits per heavy atom. The van der Waals surface area contributed by atoms with Crippen LogP contribution in [0.25, 0.3) is 6.08 Å². The first-order valence-corrected chi connectivity index (χ1v) is 5.78. The Bertz CT molecular complexity index is 525. The van der Waals surface area contributed by atoms with Crippen LogP contribution < -0.4 is 0 Å². The fourth-order valence-corrected chi connectivity index (χ4v) is 1.95. The molecule has 3 nitrogen and oxygen atoms in total. The highest BCUT2D eigenvalue weighted by Gasteiger charge is 2.12. The summed E-state index contributed by atoms with van der Waals surface area (Å²) in [6.07, 6.45) is 1.67. The van der Waals surface area contributed by atoms with Gasteiger partial charge < -0.3 is 4.90 Å². The van der Waals surface area contributed by atoms with Crippen molar-refractivity contribution in [1.82, 2.24) is 4.90 Å². The molecule has 0 heterocycles. The molecule has 3 heteroatoms. The summed E-state index contributed by atoms with van der Waals surface area (Å²) in [6.45, 7) is 6.01. The first-order valence-electron chi connectivity index (χ1n) is 5.78. The molecule has 0 radical (unpaired) electrons. The van der Waals surface area contributed by atoms with Crippen LogP contribution in [0.4, 0.5) is 0 Å². The van der Waals surface area contributed by atoms with Crippen LogP contribution in [0, 0.1) is 32.1 Å². The van der Waals surface area contributed by atoms with Crippen molar-refractivity contribution in [1.29, 1.82) is 5.26 Å². The number of amides is 1. The van der Waals surface area contributed by atoms with Gasteiger partial charge in [-0.3, -0.25) is 4.79 Å². The molecule has 18 heavy (non-hydrogen) atoms. The number of carbonyl (C=O) groups is 1. The van der Waals surface area contributed by atoms with Gasteiger partial charge in [0.15, 0.2) is 0 Å². The van der Waals surface area contributed by atoms with E-state index in [2.05, 4.69) is 0 Å². The number of nitrogens with zero attached hydrogens (tertiary/aromatic N) is 2. The third-order valence-corrected chi connectivity index (χ3v) is 2.78. The number of rotatable bonds is 2. The van der Waals surface area contributed by atoms with E-state index in [-0.39, 0.29) is 11.5 Å². The maximum absolute atomic E-state index is 11.8. The van der Waals surface area contributed by atoms with Gasteiger partial charge in [0.2, 0.25) is 0 Å². The van der Waals surface area contributed by atoms with Gasteiger partial charge in [-0.1, -0.05) is 17.7 Å². The van der Waals surface area contributed by atoms with E-state index in [0.717, 1.165) is 16.7 Å². The van der Waals surface area contributed by atoms with Crippen molar-refractivity contribution >= 4 is 12.0 Å². The molecule has 1 amide bonds. The Hall–Kier alpha value is -2.08. The molecule has 0 N–H and O–H groups in total. The summed E-state index contributed by atoms with van der Waals surface area (Å²) in [4.78, 5) is 13.2. The molecular formula is C15H18N2O. The van der Waals surface area contributed by atoms with E-state index in [1.54, 1.807) is 20.2 Å². The highest BCUT2D eigenvalue weighted by atomic mass is 16.2. The molecule has 0 aliphatic rings. The van der Waals surface area contributed by atoms with Crippen LogP contribution in [-0.2, 0) is 4.79 Å². The predicted molar refractivity (Wildman–Crippen MR) is 72.9 cm³/mol. The van der Waals surface area contributed by atoms with Crippen LogP contribution in [0.5, 0.6) is 0 Å². The molecule has 1 aromatic carbocycles. The third kappa shape index (κ3) is 2.98. The van der Waals surface area contributed by atoms with E-state index in [4.69, 9.17) is 5.26 Å². The molecule has 0 aliphatic carbocycles. The topological polar surface area (TPSA) is 44.1 Å². The van der Waals surface area contributed by atoms with E-state index in [0.29, 0.717) is 0 Å². The Morgan fingerprint density at radius 2 is 1.72 bits per heavy atom. The van der Waals surface area contributed by atoms with E-state index < -0.39 is 0 Å². The molecule has 0 aliphatic heterocycles.